The van der Waals surface area contributed by atoms with Gasteiger partial charge in [0.25, 0.3) is 0 Å². The van der Waals surface area contributed by atoms with E-state index >= 15 is 0 Å². The molecule has 0 amide bonds. The maximum atomic E-state index is 2.41. The molecular formula is C50H34N2. The highest BCUT2D eigenvalue weighted by atomic mass is 15.1. The van der Waals surface area contributed by atoms with Crippen LogP contribution in [0, 0.1) is 0 Å². The number of para-hydroxylation sites is 1. The molecule has 0 aliphatic carbocycles. The third-order valence-corrected chi connectivity index (χ3v) is 10.3. The van der Waals surface area contributed by atoms with E-state index in [0.29, 0.717) is 0 Å². The highest BCUT2D eigenvalue weighted by molar-refractivity contribution is 6.13. The molecule has 9 aromatic carbocycles. The SMILES string of the molecule is c1ccc(-c2ccc(N(c3ccc(-n4c5ccccc5c5cc6ccccc6cc54)cc3)c3cc(-c4ccccc4)cc4ccccc34)cc2)cc1. The minimum absolute atomic E-state index is 1.10. The minimum atomic E-state index is 1.10. The Bertz CT molecular complexity index is 2870. The van der Waals surface area contributed by atoms with E-state index in [4.69, 9.17) is 0 Å². The molecule has 10 aromatic rings. The summed E-state index contributed by atoms with van der Waals surface area (Å²) >= 11 is 0. The molecule has 0 saturated heterocycles. The largest absolute Gasteiger partial charge is 0.310 e. The Labute approximate surface area is 303 Å². The predicted molar refractivity (Wildman–Crippen MR) is 221 cm³/mol. The maximum Gasteiger partial charge on any atom is 0.0547 e. The highest BCUT2D eigenvalue weighted by Gasteiger charge is 2.19. The molecule has 0 aliphatic rings. The summed E-state index contributed by atoms with van der Waals surface area (Å²) in [4.78, 5) is 2.41. The molecule has 0 radical (unpaired) electrons. The molecule has 0 bridgehead atoms. The van der Waals surface area contributed by atoms with E-state index < -0.39 is 0 Å². The number of benzene rings is 9. The third-order valence-electron chi connectivity index (χ3n) is 10.3. The van der Waals surface area contributed by atoms with E-state index in [9.17, 15) is 0 Å². The van der Waals surface area contributed by atoms with Crippen molar-refractivity contribution in [1.29, 1.82) is 0 Å². The Kier molecular flexibility index (Phi) is 7.18. The Morgan fingerprint density at radius 1 is 0.308 bits per heavy atom. The van der Waals surface area contributed by atoms with Crippen LogP contribution in [-0.2, 0) is 0 Å². The minimum Gasteiger partial charge on any atom is -0.310 e. The number of aromatic nitrogens is 1. The van der Waals surface area contributed by atoms with Gasteiger partial charge in [0.1, 0.15) is 0 Å². The van der Waals surface area contributed by atoms with Crippen molar-refractivity contribution < 1.29 is 0 Å². The van der Waals surface area contributed by atoms with Crippen LogP contribution in [0.1, 0.15) is 0 Å². The zero-order valence-electron chi connectivity index (χ0n) is 28.5. The van der Waals surface area contributed by atoms with Gasteiger partial charge in [-0.25, -0.2) is 0 Å². The first-order valence-electron chi connectivity index (χ1n) is 17.8. The molecular weight excluding hydrogens is 629 g/mol. The molecule has 0 fully saturated rings. The molecule has 0 N–H and O–H groups in total. The number of rotatable bonds is 6. The summed E-state index contributed by atoms with van der Waals surface area (Å²) in [7, 11) is 0. The van der Waals surface area contributed by atoms with Crippen LogP contribution in [0.5, 0.6) is 0 Å². The molecule has 0 atom stereocenters. The Hall–Kier alpha value is -6.90. The van der Waals surface area contributed by atoms with Gasteiger partial charge in [-0.2, -0.15) is 0 Å². The van der Waals surface area contributed by atoms with Gasteiger partial charge in [-0.15, -0.1) is 0 Å². The first-order valence-corrected chi connectivity index (χ1v) is 17.8. The molecule has 1 heterocycles. The van der Waals surface area contributed by atoms with Crippen molar-refractivity contribution in [1.82, 2.24) is 4.57 Å². The quantitative estimate of drug-likeness (QED) is 0.172. The van der Waals surface area contributed by atoms with Crippen LogP contribution >= 0.6 is 0 Å². The van der Waals surface area contributed by atoms with Crippen molar-refractivity contribution in [2.75, 3.05) is 4.90 Å². The summed E-state index contributed by atoms with van der Waals surface area (Å²) in [6, 6.07) is 74.7. The fourth-order valence-corrected chi connectivity index (χ4v) is 7.82. The number of hydrogen-bond donors (Lipinski definition) is 0. The van der Waals surface area contributed by atoms with Crippen molar-refractivity contribution in [2.45, 2.75) is 0 Å². The molecule has 0 saturated carbocycles. The van der Waals surface area contributed by atoms with Gasteiger partial charge in [-0.05, 0) is 105 Å². The zero-order valence-corrected chi connectivity index (χ0v) is 28.5. The molecule has 10 rings (SSSR count). The van der Waals surface area contributed by atoms with Gasteiger partial charge in [0.2, 0.25) is 0 Å². The second-order valence-corrected chi connectivity index (χ2v) is 13.4. The summed E-state index contributed by atoms with van der Waals surface area (Å²) in [6.45, 7) is 0. The van der Waals surface area contributed by atoms with Gasteiger partial charge >= 0.3 is 0 Å². The topological polar surface area (TPSA) is 8.17 Å². The zero-order chi connectivity index (χ0) is 34.4. The summed E-state index contributed by atoms with van der Waals surface area (Å²) in [5.41, 5.74) is 11.7. The molecule has 0 aliphatic heterocycles. The molecule has 1 aromatic heterocycles. The Balaban J connectivity index is 1.16. The van der Waals surface area contributed by atoms with E-state index in [0.717, 1.165) is 22.7 Å². The van der Waals surface area contributed by atoms with Gasteiger partial charge in [0, 0.05) is 33.2 Å². The lowest BCUT2D eigenvalue weighted by Crippen LogP contribution is -2.11. The lowest BCUT2D eigenvalue weighted by Gasteiger charge is -2.28. The highest BCUT2D eigenvalue weighted by Crippen LogP contribution is 2.43. The lowest BCUT2D eigenvalue weighted by molar-refractivity contribution is 1.18. The Morgan fingerprint density at radius 2 is 0.827 bits per heavy atom. The number of anilines is 3. The van der Waals surface area contributed by atoms with Gasteiger partial charge < -0.3 is 9.47 Å². The van der Waals surface area contributed by atoms with E-state index in [1.165, 1.54) is 65.6 Å². The maximum absolute atomic E-state index is 2.41. The molecule has 2 nitrogen and oxygen atoms in total. The normalized spacial score (nSPS) is 11.5. The first kappa shape index (κ1) is 30.0. The van der Waals surface area contributed by atoms with Crippen molar-refractivity contribution in [3.05, 3.63) is 206 Å². The van der Waals surface area contributed by atoms with Gasteiger partial charge in [0.05, 0.1) is 16.7 Å². The van der Waals surface area contributed by atoms with Crippen molar-refractivity contribution in [3.63, 3.8) is 0 Å². The number of hydrogen-bond acceptors (Lipinski definition) is 1. The molecule has 0 unspecified atom stereocenters. The molecule has 0 spiro atoms. The van der Waals surface area contributed by atoms with Crippen LogP contribution in [0.3, 0.4) is 0 Å². The van der Waals surface area contributed by atoms with E-state index in [1.807, 2.05) is 0 Å². The van der Waals surface area contributed by atoms with Crippen LogP contribution in [-0.4, -0.2) is 4.57 Å². The fourth-order valence-electron chi connectivity index (χ4n) is 7.82. The van der Waals surface area contributed by atoms with Gasteiger partial charge in [0.15, 0.2) is 0 Å². The Morgan fingerprint density at radius 3 is 1.52 bits per heavy atom. The van der Waals surface area contributed by atoms with Crippen LogP contribution in [0.2, 0.25) is 0 Å². The van der Waals surface area contributed by atoms with Crippen LogP contribution < -0.4 is 4.90 Å². The van der Waals surface area contributed by atoms with E-state index in [2.05, 4.69) is 216 Å². The molecule has 2 heteroatoms. The average molecular weight is 663 g/mol. The standard InChI is InChI=1S/C50H34N2/c1-3-13-35(14-4-1)37-23-25-42(26-24-37)51(49-34-41(36-15-5-2-6-16-36)31-40-19-9-10-20-45(40)49)43-27-29-44(30-28-43)52-48-22-12-11-21-46(48)47-32-38-17-7-8-18-39(38)33-50(47)52/h1-34H. The van der Waals surface area contributed by atoms with Crippen LogP contribution in [0.4, 0.5) is 17.1 Å². The van der Waals surface area contributed by atoms with Crippen LogP contribution in [0.25, 0.3) is 71.3 Å². The third kappa shape index (κ3) is 5.12. The second-order valence-electron chi connectivity index (χ2n) is 13.4. The fraction of sp³-hybridized carbons (Fsp3) is 0. The van der Waals surface area contributed by atoms with Crippen molar-refractivity contribution in [3.8, 4) is 27.9 Å². The molecule has 52 heavy (non-hydrogen) atoms. The lowest BCUT2D eigenvalue weighted by atomic mass is 9.98. The number of nitrogens with zero attached hydrogens (tertiary/aromatic N) is 2. The first-order chi connectivity index (χ1) is 25.8. The summed E-state index contributed by atoms with van der Waals surface area (Å²) in [5, 5.41) is 7.43. The monoisotopic (exact) mass is 662 g/mol. The predicted octanol–water partition coefficient (Wildman–Crippen LogP) is 13.9. The van der Waals surface area contributed by atoms with Crippen LogP contribution in [0.15, 0.2) is 206 Å². The summed E-state index contributed by atoms with van der Waals surface area (Å²) in [6.07, 6.45) is 0. The summed E-state index contributed by atoms with van der Waals surface area (Å²) in [5.74, 6) is 0. The smallest absolute Gasteiger partial charge is 0.0547 e. The number of fused-ring (bicyclic) bond motifs is 5. The van der Waals surface area contributed by atoms with Crippen molar-refractivity contribution >= 4 is 60.4 Å². The second kappa shape index (κ2) is 12.5. The summed E-state index contributed by atoms with van der Waals surface area (Å²) < 4.78 is 2.41. The molecule has 244 valence electrons. The van der Waals surface area contributed by atoms with E-state index in [-0.39, 0.29) is 0 Å². The average Bonchev–Trinajstić information content (AvgIpc) is 3.54. The van der Waals surface area contributed by atoms with Gasteiger partial charge in [-0.1, -0.05) is 140 Å². The van der Waals surface area contributed by atoms with E-state index in [1.54, 1.807) is 0 Å². The van der Waals surface area contributed by atoms with Crippen molar-refractivity contribution in [2.24, 2.45) is 0 Å². The van der Waals surface area contributed by atoms with Gasteiger partial charge in [-0.3, -0.25) is 0 Å².